The van der Waals surface area contributed by atoms with Crippen molar-refractivity contribution in [3.63, 3.8) is 0 Å². The molecule has 1 aromatic heterocycles. The minimum atomic E-state index is 0.789. The highest BCUT2D eigenvalue weighted by molar-refractivity contribution is 5.70. The van der Waals surface area contributed by atoms with Crippen molar-refractivity contribution in [2.24, 2.45) is 0 Å². The summed E-state index contributed by atoms with van der Waals surface area (Å²) in [5.41, 5.74) is 1.58. The molecule has 1 radical (unpaired) electrons. The van der Waals surface area contributed by atoms with Crippen molar-refractivity contribution < 1.29 is 4.42 Å². The largest absolute Gasteiger partial charge is 0.443 e. The van der Waals surface area contributed by atoms with Crippen LogP contribution in [-0.4, -0.2) is 4.98 Å². The first-order chi connectivity index (χ1) is 4.47. The fourth-order valence-corrected chi connectivity index (χ4v) is 0.744. The van der Waals surface area contributed by atoms with Gasteiger partial charge in [-0.2, -0.15) is 0 Å². The van der Waals surface area contributed by atoms with Crippen LogP contribution in [0.5, 0.6) is 0 Å². The molecule has 0 aliphatic rings. The molecule has 2 heteroatoms. The molecular formula is C7H4NO. The van der Waals surface area contributed by atoms with Gasteiger partial charge in [-0.25, -0.2) is 4.98 Å². The van der Waals surface area contributed by atoms with E-state index in [2.05, 4.69) is 11.1 Å². The second-order valence-corrected chi connectivity index (χ2v) is 1.74. The lowest BCUT2D eigenvalue weighted by Gasteiger charge is -1.78. The summed E-state index contributed by atoms with van der Waals surface area (Å²) in [6.45, 7) is 0. The van der Waals surface area contributed by atoms with E-state index < -0.39 is 0 Å². The molecule has 0 unspecified atom stereocenters. The van der Waals surface area contributed by atoms with Crippen LogP contribution in [0.15, 0.2) is 29.0 Å². The maximum absolute atomic E-state index is 4.98. The molecule has 2 nitrogen and oxygen atoms in total. The van der Waals surface area contributed by atoms with Gasteiger partial charge >= 0.3 is 0 Å². The monoisotopic (exact) mass is 118 g/mol. The summed E-state index contributed by atoms with van der Waals surface area (Å²) in [6.07, 6.45) is 1.42. The molecule has 0 spiro atoms. The maximum Gasteiger partial charge on any atom is 0.182 e. The number of benzene rings is 1. The summed E-state index contributed by atoms with van der Waals surface area (Å²) in [5.74, 6) is 0. The molecule has 0 fully saturated rings. The van der Waals surface area contributed by atoms with Gasteiger partial charge < -0.3 is 4.42 Å². The normalized spacial score (nSPS) is 10.2. The summed E-state index contributed by atoms with van der Waals surface area (Å²) >= 11 is 0. The van der Waals surface area contributed by atoms with E-state index in [1.807, 2.05) is 18.2 Å². The van der Waals surface area contributed by atoms with Crippen LogP contribution >= 0.6 is 0 Å². The Morgan fingerprint density at radius 2 is 2.56 bits per heavy atom. The van der Waals surface area contributed by atoms with Crippen molar-refractivity contribution in [1.82, 2.24) is 4.98 Å². The SMILES string of the molecule is [c]1cccc2ocnc12. The number of nitrogens with zero attached hydrogens (tertiary/aromatic N) is 1. The summed E-state index contributed by atoms with van der Waals surface area (Å²) in [4.78, 5) is 3.90. The quantitative estimate of drug-likeness (QED) is 0.525. The van der Waals surface area contributed by atoms with Crippen LogP contribution in [0.25, 0.3) is 11.1 Å². The van der Waals surface area contributed by atoms with E-state index in [0.717, 1.165) is 11.1 Å². The van der Waals surface area contributed by atoms with E-state index in [-0.39, 0.29) is 0 Å². The first-order valence-electron chi connectivity index (χ1n) is 2.67. The number of aromatic nitrogens is 1. The number of hydrogen-bond donors (Lipinski definition) is 0. The van der Waals surface area contributed by atoms with Gasteiger partial charge in [-0.15, -0.1) is 0 Å². The Balaban J connectivity index is 2.95. The van der Waals surface area contributed by atoms with Crippen LogP contribution in [0, 0.1) is 6.07 Å². The van der Waals surface area contributed by atoms with Gasteiger partial charge in [0.05, 0.1) is 0 Å². The maximum atomic E-state index is 4.98. The third kappa shape index (κ3) is 0.598. The highest BCUT2D eigenvalue weighted by Crippen LogP contribution is 2.08. The molecular weight excluding hydrogens is 114 g/mol. The molecule has 1 heterocycles. The number of rotatable bonds is 0. The second kappa shape index (κ2) is 1.58. The molecule has 0 aliphatic carbocycles. The Hall–Kier alpha value is -1.31. The van der Waals surface area contributed by atoms with Crippen LogP contribution in [0.2, 0.25) is 0 Å². The first kappa shape index (κ1) is 4.56. The topological polar surface area (TPSA) is 26.0 Å². The van der Waals surface area contributed by atoms with Crippen LogP contribution in [0.1, 0.15) is 0 Å². The van der Waals surface area contributed by atoms with Crippen molar-refractivity contribution in [2.45, 2.75) is 0 Å². The van der Waals surface area contributed by atoms with E-state index in [9.17, 15) is 0 Å². The van der Waals surface area contributed by atoms with Crippen molar-refractivity contribution in [2.75, 3.05) is 0 Å². The zero-order chi connectivity index (χ0) is 6.10. The van der Waals surface area contributed by atoms with E-state index in [1.54, 1.807) is 0 Å². The van der Waals surface area contributed by atoms with Crippen molar-refractivity contribution in [3.8, 4) is 0 Å². The molecule has 0 aliphatic heterocycles. The van der Waals surface area contributed by atoms with Gasteiger partial charge in [0.15, 0.2) is 12.0 Å². The zero-order valence-electron chi connectivity index (χ0n) is 4.66. The Labute approximate surface area is 52.1 Å². The van der Waals surface area contributed by atoms with Gasteiger partial charge in [0.1, 0.15) is 5.52 Å². The molecule has 0 bridgehead atoms. The van der Waals surface area contributed by atoms with Crippen molar-refractivity contribution in [3.05, 3.63) is 30.7 Å². The first-order valence-corrected chi connectivity index (χ1v) is 2.67. The molecule has 0 saturated heterocycles. The Kier molecular flexibility index (Phi) is 0.803. The average molecular weight is 118 g/mol. The van der Waals surface area contributed by atoms with Gasteiger partial charge in [0, 0.05) is 6.07 Å². The van der Waals surface area contributed by atoms with E-state index >= 15 is 0 Å². The second-order valence-electron chi connectivity index (χ2n) is 1.74. The molecule has 2 rings (SSSR count). The standard InChI is InChI=1S/C7H4NO/c1-2-4-7-6(3-1)8-5-9-7/h1-2,4-5H. The number of para-hydroxylation sites is 1. The molecule has 43 valence electrons. The molecule has 2 aromatic rings. The summed E-state index contributed by atoms with van der Waals surface area (Å²) in [7, 11) is 0. The minimum absolute atomic E-state index is 0.789. The smallest absolute Gasteiger partial charge is 0.182 e. The fourth-order valence-electron chi connectivity index (χ4n) is 0.744. The van der Waals surface area contributed by atoms with Crippen LogP contribution < -0.4 is 0 Å². The van der Waals surface area contributed by atoms with E-state index in [1.165, 1.54) is 6.39 Å². The third-order valence-electron chi connectivity index (χ3n) is 1.16. The van der Waals surface area contributed by atoms with Gasteiger partial charge in [0.25, 0.3) is 0 Å². The van der Waals surface area contributed by atoms with Gasteiger partial charge in [-0.3, -0.25) is 0 Å². The van der Waals surface area contributed by atoms with E-state index in [0.29, 0.717) is 0 Å². The Morgan fingerprint density at radius 1 is 1.56 bits per heavy atom. The van der Waals surface area contributed by atoms with Crippen molar-refractivity contribution >= 4 is 11.1 Å². The third-order valence-corrected chi connectivity index (χ3v) is 1.16. The van der Waals surface area contributed by atoms with Gasteiger partial charge in [-0.1, -0.05) is 12.1 Å². The Bertz CT molecular complexity index is 283. The molecule has 9 heavy (non-hydrogen) atoms. The lowest BCUT2D eigenvalue weighted by Crippen LogP contribution is -1.62. The van der Waals surface area contributed by atoms with Gasteiger partial charge in [0.2, 0.25) is 0 Å². The predicted molar refractivity (Wildman–Crippen MR) is 32.8 cm³/mol. The fraction of sp³-hybridized carbons (Fsp3) is 0. The summed E-state index contributed by atoms with van der Waals surface area (Å²) in [6, 6.07) is 8.46. The molecule has 1 aromatic carbocycles. The van der Waals surface area contributed by atoms with Crippen LogP contribution in [0.4, 0.5) is 0 Å². The number of fused-ring (bicyclic) bond motifs is 1. The lowest BCUT2D eigenvalue weighted by atomic mass is 10.3. The van der Waals surface area contributed by atoms with Crippen molar-refractivity contribution in [1.29, 1.82) is 0 Å². The molecule has 0 amide bonds. The zero-order valence-corrected chi connectivity index (χ0v) is 4.66. The van der Waals surface area contributed by atoms with Crippen LogP contribution in [-0.2, 0) is 0 Å². The minimum Gasteiger partial charge on any atom is -0.443 e. The molecule has 0 N–H and O–H groups in total. The number of hydrogen-bond acceptors (Lipinski definition) is 2. The lowest BCUT2D eigenvalue weighted by molar-refractivity contribution is 0.602. The highest BCUT2D eigenvalue weighted by atomic mass is 16.3. The molecule has 0 saturated carbocycles. The Morgan fingerprint density at radius 3 is 3.44 bits per heavy atom. The van der Waals surface area contributed by atoms with E-state index in [4.69, 9.17) is 4.42 Å². The summed E-state index contributed by atoms with van der Waals surface area (Å²) < 4.78 is 4.98. The van der Waals surface area contributed by atoms with Crippen LogP contribution in [0.3, 0.4) is 0 Å². The van der Waals surface area contributed by atoms with Gasteiger partial charge in [-0.05, 0) is 6.07 Å². The predicted octanol–water partition coefficient (Wildman–Crippen LogP) is 1.63. The average Bonchev–Trinajstić information content (AvgIpc) is 2.33. The highest BCUT2D eigenvalue weighted by Gasteiger charge is 1.91. The number of oxazole rings is 1. The summed E-state index contributed by atoms with van der Waals surface area (Å²) in [5, 5.41) is 0. The molecule has 0 atom stereocenters.